The van der Waals surface area contributed by atoms with Crippen LogP contribution in [0.1, 0.15) is 57.9 Å². The molecule has 1 aromatic heterocycles. The van der Waals surface area contributed by atoms with Gasteiger partial charge in [-0.1, -0.05) is 53.9 Å². The first kappa shape index (κ1) is 24.3. The fourth-order valence-corrected chi connectivity index (χ4v) is 4.37. The van der Waals surface area contributed by atoms with Crippen LogP contribution >= 0.6 is 0 Å². The lowest BCUT2D eigenvalue weighted by molar-refractivity contribution is 0.102. The zero-order valence-corrected chi connectivity index (χ0v) is 21.0. The predicted molar refractivity (Wildman–Crippen MR) is 144 cm³/mol. The van der Waals surface area contributed by atoms with Crippen molar-refractivity contribution in [3.05, 3.63) is 101 Å². The van der Waals surface area contributed by atoms with Crippen molar-refractivity contribution >= 4 is 17.6 Å². The number of carbonyl (C=O) groups is 2. The van der Waals surface area contributed by atoms with Crippen molar-refractivity contribution in [1.29, 1.82) is 0 Å². The quantitative estimate of drug-likeness (QED) is 0.280. The maximum atomic E-state index is 13.1. The van der Waals surface area contributed by atoms with Crippen LogP contribution in [0.5, 0.6) is 5.75 Å². The Labute approximate surface area is 216 Å². The lowest BCUT2D eigenvalue weighted by Gasteiger charge is -2.25. The number of hydrogen-bond acceptors (Lipinski definition) is 4. The summed E-state index contributed by atoms with van der Waals surface area (Å²) in [4.78, 5) is 25.8. The van der Waals surface area contributed by atoms with Crippen LogP contribution in [-0.2, 0) is 6.54 Å². The van der Waals surface area contributed by atoms with Crippen LogP contribution in [0.25, 0.3) is 11.3 Å². The summed E-state index contributed by atoms with van der Waals surface area (Å²) in [6, 6.07) is 21.7. The second-order valence-corrected chi connectivity index (χ2v) is 9.69. The smallest absolute Gasteiger partial charge is 0.342 e. The highest BCUT2D eigenvalue weighted by Crippen LogP contribution is 2.39. The highest BCUT2D eigenvalue weighted by atomic mass is 16.3. The fourth-order valence-electron chi connectivity index (χ4n) is 4.37. The highest BCUT2D eigenvalue weighted by molar-refractivity contribution is 6.04. The van der Waals surface area contributed by atoms with E-state index in [0.717, 1.165) is 41.6 Å². The summed E-state index contributed by atoms with van der Waals surface area (Å²) >= 11 is 0. The van der Waals surface area contributed by atoms with Crippen LogP contribution in [0.2, 0.25) is 0 Å². The van der Waals surface area contributed by atoms with Crippen molar-refractivity contribution in [2.24, 2.45) is 0 Å². The summed E-state index contributed by atoms with van der Waals surface area (Å²) in [6.07, 6.45) is 3.10. The number of anilines is 1. The molecule has 1 saturated carbocycles. The molecule has 1 heterocycles. The molecule has 0 aliphatic heterocycles. The summed E-state index contributed by atoms with van der Waals surface area (Å²) in [6.45, 7) is 4.38. The van der Waals surface area contributed by atoms with Crippen molar-refractivity contribution in [3.8, 4) is 17.0 Å². The van der Waals surface area contributed by atoms with Gasteiger partial charge in [0.15, 0.2) is 0 Å². The van der Waals surface area contributed by atoms with Crippen molar-refractivity contribution < 1.29 is 14.7 Å². The Morgan fingerprint density at radius 2 is 1.62 bits per heavy atom. The Hall–Kier alpha value is -4.39. The molecule has 5 rings (SSSR count). The zero-order chi connectivity index (χ0) is 25.9. The number of nitrogens with one attached hydrogen (secondary N) is 2. The van der Waals surface area contributed by atoms with Gasteiger partial charge in [0.2, 0.25) is 0 Å². The summed E-state index contributed by atoms with van der Waals surface area (Å²) < 4.78 is 1.42. The van der Waals surface area contributed by atoms with E-state index < -0.39 is 0 Å². The third-order valence-electron chi connectivity index (χ3n) is 6.86. The molecule has 7 nitrogen and oxygen atoms in total. The minimum Gasteiger partial charge on any atom is -0.507 e. The number of nitrogens with zero attached hydrogens (tertiary/aromatic N) is 2. The number of hydrogen-bond donors (Lipinski definition) is 3. The molecule has 3 N–H and O–H groups in total. The van der Waals surface area contributed by atoms with Gasteiger partial charge in [0, 0.05) is 29.3 Å². The molecule has 0 radical (unpaired) electrons. The van der Waals surface area contributed by atoms with Crippen molar-refractivity contribution in [2.45, 2.75) is 45.6 Å². The summed E-state index contributed by atoms with van der Waals surface area (Å²) in [7, 11) is 0. The van der Waals surface area contributed by atoms with E-state index in [1.54, 1.807) is 24.3 Å². The van der Waals surface area contributed by atoms with E-state index in [9.17, 15) is 14.7 Å². The summed E-state index contributed by atoms with van der Waals surface area (Å²) in [5.74, 6) is 0.0314. The highest BCUT2D eigenvalue weighted by Gasteiger charge is 2.27. The van der Waals surface area contributed by atoms with Crippen LogP contribution < -0.4 is 10.6 Å². The molecule has 2 amide bonds. The van der Waals surface area contributed by atoms with Gasteiger partial charge in [-0.05, 0) is 68.7 Å². The monoisotopic (exact) mass is 494 g/mol. The van der Waals surface area contributed by atoms with Crippen LogP contribution in [0.15, 0.2) is 72.8 Å². The minimum absolute atomic E-state index is 0.0261. The average molecular weight is 495 g/mol. The standard InChI is InChI=1S/C30H30N4O3/c1-19-6-10-21(11-7-19)18-31-30(37)34-27(22-4-3-5-22)17-26(33-34)25-16-24(14-15-28(25)35)32-29(36)23-12-8-20(2)9-13-23/h6-17,22,35H,3-5,18H2,1-2H3,(H,31,37)(H,32,36). The minimum atomic E-state index is -0.308. The topological polar surface area (TPSA) is 96.3 Å². The van der Waals surface area contributed by atoms with Crippen molar-refractivity contribution in [1.82, 2.24) is 15.1 Å². The maximum Gasteiger partial charge on any atom is 0.342 e. The molecule has 37 heavy (non-hydrogen) atoms. The molecule has 0 bridgehead atoms. The molecule has 188 valence electrons. The first-order valence-electron chi connectivity index (χ1n) is 12.5. The molecule has 1 aliphatic rings. The Balaban J connectivity index is 1.39. The molecule has 0 atom stereocenters. The van der Waals surface area contributed by atoms with Gasteiger partial charge in [-0.3, -0.25) is 4.79 Å². The molecule has 1 fully saturated rings. The molecular formula is C30H30N4O3. The molecule has 7 heteroatoms. The van der Waals surface area contributed by atoms with Gasteiger partial charge in [0.25, 0.3) is 5.91 Å². The zero-order valence-electron chi connectivity index (χ0n) is 21.0. The molecule has 3 aromatic carbocycles. The van der Waals surface area contributed by atoms with Gasteiger partial charge in [-0.15, -0.1) is 0 Å². The van der Waals surface area contributed by atoms with Crippen molar-refractivity contribution in [3.63, 3.8) is 0 Å². The van der Waals surface area contributed by atoms with Gasteiger partial charge in [-0.25, -0.2) is 4.79 Å². The number of aromatic hydroxyl groups is 1. The summed E-state index contributed by atoms with van der Waals surface area (Å²) in [5.41, 5.74) is 6.08. The lowest BCUT2D eigenvalue weighted by Crippen LogP contribution is -2.31. The van der Waals surface area contributed by atoms with E-state index in [0.29, 0.717) is 29.1 Å². The number of benzene rings is 3. The normalized spacial score (nSPS) is 13.1. The Bertz CT molecular complexity index is 1430. The van der Waals surface area contributed by atoms with Gasteiger partial charge in [-0.2, -0.15) is 9.78 Å². The average Bonchev–Trinajstić information content (AvgIpc) is 3.28. The SMILES string of the molecule is Cc1ccc(CNC(=O)n2nc(-c3cc(NC(=O)c4ccc(C)cc4)ccc3O)cc2C2CCC2)cc1. The summed E-state index contributed by atoms with van der Waals surface area (Å²) in [5, 5.41) is 21.1. The van der Waals surface area contributed by atoms with E-state index >= 15 is 0 Å². The van der Waals surface area contributed by atoms with E-state index in [-0.39, 0.29) is 23.6 Å². The second-order valence-electron chi connectivity index (χ2n) is 9.69. The maximum absolute atomic E-state index is 13.1. The number of amides is 2. The molecule has 4 aromatic rings. The van der Waals surface area contributed by atoms with Gasteiger partial charge < -0.3 is 15.7 Å². The van der Waals surface area contributed by atoms with Crippen molar-refractivity contribution in [2.75, 3.05) is 5.32 Å². The van der Waals surface area contributed by atoms with Crippen LogP contribution in [0, 0.1) is 13.8 Å². The Kier molecular flexibility index (Phi) is 6.77. The third kappa shape index (κ3) is 5.40. The Morgan fingerprint density at radius 3 is 2.27 bits per heavy atom. The first-order chi connectivity index (χ1) is 17.9. The third-order valence-corrected chi connectivity index (χ3v) is 6.86. The van der Waals surface area contributed by atoms with Gasteiger partial charge >= 0.3 is 6.03 Å². The molecular weight excluding hydrogens is 464 g/mol. The largest absolute Gasteiger partial charge is 0.507 e. The Morgan fingerprint density at radius 1 is 0.946 bits per heavy atom. The number of phenolic OH excluding ortho intramolecular Hbond substituents is 1. The number of carbonyl (C=O) groups excluding carboxylic acids is 2. The van der Waals surface area contributed by atoms with Crippen LogP contribution in [-0.4, -0.2) is 26.8 Å². The first-order valence-corrected chi connectivity index (χ1v) is 12.5. The van der Waals surface area contributed by atoms with Gasteiger partial charge in [0.05, 0.1) is 11.4 Å². The van der Waals surface area contributed by atoms with E-state index in [1.165, 1.54) is 10.7 Å². The molecule has 0 unspecified atom stereocenters. The van der Waals surface area contributed by atoms with E-state index in [4.69, 9.17) is 0 Å². The number of aromatic nitrogens is 2. The second kappa shape index (κ2) is 10.3. The predicted octanol–water partition coefficient (Wildman–Crippen LogP) is 6.15. The number of phenols is 1. The molecule has 1 aliphatic carbocycles. The van der Waals surface area contributed by atoms with Gasteiger partial charge in [0.1, 0.15) is 5.75 Å². The van der Waals surface area contributed by atoms with E-state index in [1.807, 2.05) is 56.3 Å². The number of aryl methyl sites for hydroxylation is 2. The lowest BCUT2D eigenvalue weighted by atomic mass is 9.82. The number of rotatable bonds is 6. The van der Waals surface area contributed by atoms with E-state index in [2.05, 4.69) is 15.7 Å². The van der Waals surface area contributed by atoms with Crippen LogP contribution in [0.3, 0.4) is 0 Å². The fraction of sp³-hybridized carbons (Fsp3) is 0.233. The molecule has 0 spiro atoms. The molecule has 0 saturated heterocycles. The van der Waals surface area contributed by atoms with Crippen LogP contribution in [0.4, 0.5) is 10.5 Å².